The maximum atomic E-state index is 13.6. The number of carbonyl (C=O) groups is 1. The largest absolute Gasteiger partial charge is 0.493 e. The van der Waals surface area contributed by atoms with Gasteiger partial charge < -0.3 is 19.1 Å². The number of hydrogen-bond donors (Lipinski definition) is 0. The second-order valence-electron chi connectivity index (χ2n) is 10.6. The molecule has 31 heavy (non-hydrogen) atoms. The molecule has 5 aliphatic heterocycles. The zero-order chi connectivity index (χ0) is 20.6. The van der Waals surface area contributed by atoms with E-state index in [4.69, 9.17) is 14.2 Å². The van der Waals surface area contributed by atoms with E-state index in [0.717, 1.165) is 24.4 Å². The van der Waals surface area contributed by atoms with Crippen molar-refractivity contribution in [3.05, 3.63) is 29.3 Å². The van der Waals surface area contributed by atoms with Crippen molar-refractivity contribution in [2.75, 3.05) is 32.3 Å². The van der Waals surface area contributed by atoms with Crippen LogP contribution in [0, 0.1) is 17.8 Å². The second-order valence-corrected chi connectivity index (χ2v) is 10.6. The predicted molar refractivity (Wildman–Crippen MR) is 114 cm³/mol. The van der Waals surface area contributed by atoms with Gasteiger partial charge in [0, 0.05) is 41.9 Å². The lowest BCUT2D eigenvalue weighted by Crippen LogP contribution is -2.68. The first kappa shape index (κ1) is 17.5. The Morgan fingerprint density at radius 1 is 1.19 bits per heavy atom. The molecule has 8 atom stereocenters. The van der Waals surface area contributed by atoms with Crippen LogP contribution in [-0.2, 0) is 14.9 Å². The maximum Gasteiger partial charge on any atom is 0.229 e. The Bertz CT molecular complexity index is 1070. The van der Waals surface area contributed by atoms with Gasteiger partial charge in [-0.2, -0.15) is 0 Å². The van der Waals surface area contributed by atoms with Crippen LogP contribution in [0.15, 0.2) is 23.8 Å². The van der Waals surface area contributed by atoms with Gasteiger partial charge in [0.2, 0.25) is 5.91 Å². The summed E-state index contributed by atoms with van der Waals surface area (Å²) in [6.45, 7) is 1.77. The van der Waals surface area contributed by atoms with Crippen molar-refractivity contribution in [2.24, 2.45) is 17.8 Å². The van der Waals surface area contributed by atoms with Gasteiger partial charge in [-0.25, -0.2) is 0 Å². The normalized spacial score (nSPS) is 45.4. The molecule has 5 fully saturated rings. The van der Waals surface area contributed by atoms with Crippen molar-refractivity contribution in [3.63, 3.8) is 0 Å². The quantitative estimate of drug-likeness (QED) is 0.688. The lowest BCUT2D eigenvalue weighted by atomic mass is 9.48. The summed E-state index contributed by atoms with van der Waals surface area (Å²) in [4.78, 5) is 18.7. The molecule has 0 N–H and O–H groups in total. The summed E-state index contributed by atoms with van der Waals surface area (Å²) in [5.41, 5.74) is 3.99. The lowest BCUT2D eigenvalue weighted by Gasteiger charge is -2.58. The molecule has 6 heteroatoms. The van der Waals surface area contributed by atoms with Crippen LogP contribution in [0.1, 0.15) is 31.2 Å². The van der Waals surface area contributed by atoms with Gasteiger partial charge in [0.05, 0.1) is 45.1 Å². The molecule has 1 aromatic carbocycles. The number of benzene rings is 1. The molecule has 0 radical (unpaired) electrons. The summed E-state index contributed by atoms with van der Waals surface area (Å²) in [5.74, 6) is 3.21. The lowest BCUT2D eigenvalue weighted by molar-refractivity contribution is -0.133. The second kappa shape index (κ2) is 5.46. The van der Waals surface area contributed by atoms with Crippen molar-refractivity contribution in [1.82, 2.24) is 4.90 Å². The van der Waals surface area contributed by atoms with E-state index in [1.54, 1.807) is 19.8 Å². The molecule has 5 heterocycles. The number of amides is 1. The Labute approximate surface area is 182 Å². The Kier molecular flexibility index (Phi) is 3.08. The van der Waals surface area contributed by atoms with E-state index in [2.05, 4.69) is 28.0 Å². The van der Waals surface area contributed by atoms with Crippen molar-refractivity contribution in [3.8, 4) is 11.5 Å². The van der Waals surface area contributed by atoms with Gasteiger partial charge in [0.15, 0.2) is 11.5 Å². The van der Waals surface area contributed by atoms with E-state index in [1.807, 2.05) is 0 Å². The molecular formula is C25H28N2O4. The highest BCUT2D eigenvalue weighted by molar-refractivity contribution is 5.99. The van der Waals surface area contributed by atoms with Gasteiger partial charge in [0.25, 0.3) is 0 Å². The minimum atomic E-state index is 0.00342. The molecule has 1 amide bonds. The molecule has 6 nitrogen and oxygen atoms in total. The average Bonchev–Trinajstić information content (AvgIpc) is 3.36. The molecule has 162 valence electrons. The summed E-state index contributed by atoms with van der Waals surface area (Å²) in [6, 6.07) is 5.76. The molecular weight excluding hydrogens is 392 g/mol. The molecule has 1 aromatic rings. The van der Waals surface area contributed by atoms with E-state index in [1.165, 1.54) is 18.4 Å². The highest BCUT2D eigenvalue weighted by Crippen LogP contribution is 2.71. The van der Waals surface area contributed by atoms with Crippen molar-refractivity contribution >= 4 is 11.6 Å². The highest BCUT2D eigenvalue weighted by atomic mass is 16.5. The number of nitrogens with zero attached hydrogens (tertiary/aromatic N) is 2. The first-order valence-corrected chi connectivity index (χ1v) is 11.8. The number of piperidine rings is 1. The van der Waals surface area contributed by atoms with Crippen LogP contribution in [0.4, 0.5) is 5.69 Å². The summed E-state index contributed by atoms with van der Waals surface area (Å²) in [6.07, 6.45) is 6.51. The summed E-state index contributed by atoms with van der Waals surface area (Å²) in [7, 11) is 3.39. The number of rotatable bonds is 2. The number of ether oxygens (including phenoxy) is 3. The van der Waals surface area contributed by atoms with Crippen molar-refractivity contribution < 1.29 is 19.0 Å². The van der Waals surface area contributed by atoms with E-state index in [9.17, 15) is 4.79 Å². The van der Waals surface area contributed by atoms with Crippen LogP contribution in [0.25, 0.3) is 0 Å². The molecule has 2 saturated carbocycles. The van der Waals surface area contributed by atoms with Crippen LogP contribution >= 0.6 is 0 Å². The fourth-order valence-corrected chi connectivity index (χ4v) is 9.31. The third kappa shape index (κ3) is 1.74. The van der Waals surface area contributed by atoms with Gasteiger partial charge >= 0.3 is 0 Å². The molecule has 2 aliphatic carbocycles. The van der Waals surface area contributed by atoms with Crippen LogP contribution in [0.2, 0.25) is 0 Å². The van der Waals surface area contributed by atoms with Crippen LogP contribution < -0.4 is 14.4 Å². The SMILES string of the molecule is COc1cc2c(cc1OC)[C@]13CC[C@@H]4C[C@@H]1[C@H]1[C@H]5C(=CCO[C@@H]6CC(=O)N2[C@@H]3[C@@H]56)CN41. The molecule has 2 bridgehead atoms. The van der Waals surface area contributed by atoms with Gasteiger partial charge in [-0.05, 0) is 36.8 Å². The minimum Gasteiger partial charge on any atom is -0.493 e. The number of anilines is 1. The maximum absolute atomic E-state index is 13.6. The smallest absolute Gasteiger partial charge is 0.229 e. The Balaban J connectivity index is 1.44. The topological polar surface area (TPSA) is 51.2 Å². The fraction of sp³-hybridized carbons (Fsp3) is 0.640. The average molecular weight is 421 g/mol. The van der Waals surface area contributed by atoms with E-state index in [0.29, 0.717) is 48.6 Å². The zero-order valence-electron chi connectivity index (χ0n) is 18.0. The Morgan fingerprint density at radius 3 is 2.87 bits per heavy atom. The Morgan fingerprint density at radius 2 is 2.03 bits per heavy atom. The van der Waals surface area contributed by atoms with Crippen LogP contribution in [0.3, 0.4) is 0 Å². The van der Waals surface area contributed by atoms with Gasteiger partial charge in [-0.3, -0.25) is 9.69 Å². The van der Waals surface area contributed by atoms with Crippen molar-refractivity contribution in [2.45, 2.75) is 55.3 Å². The fourth-order valence-electron chi connectivity index (χ4n) is 9.31. The van der Waals surface area contributed by atoms with Gasteiger partial charge in [-0.1, -0.05) is 11.6 Å². The first-order chi connectivity index (χ1) is 15.2. The molecule has 8 rings (SSSR count). The minimum absolute atomic E-state index is 0.00342. The number of methoxy groups -OCH3 is 2. The first-order valence-electron chi connectivity index (χ1n) is 11.8. The van der Waals surface area contributed by atoms with Gasteiger partial charge in [-0.15, -0.1) is 0 Å². The third-order valence-electron chi connectivity index (χ3n) is 10.1. The summed E-state index contributed by atoms with van der Waals surface area (Å²) in [5, 5.41) is 0. The van der Waals surface area contributed by atoms with Crippen LogP contribution in [0.5, 0.6) is 11.5 Å². The standard InChI is InChI=1S/C25H28N2O4/c1-29-17-8-14-16(9-18(17)30-2)27-20(28)10-19-22-21-12(4-6-31-19)11-26-13-3-5-25(14,24(22)27)15(7-13)23(21)26/h4,8-9,13,15,19,21-24H,3,5-7,10-11H2,1-2H3/t13-,15-,19-,21+,22-,23+,24-,25-/m1/s1. The monoisotopic (exact) mass is 420 g/mol. The molecule has 7 aliphatic rings. The van der Waals surface area contributed by atoms with E-state index < -0.39 is 0 Å². The van der Waals surface area contributed by atoms with Gasteiger partial charge in [0.1, 0.15) is 0 Å². The zero-order valence-corrected chi connectivity index (χ0v) is 18.0. The molecule has 1 spiro atoms. The number of carbonyl (C=O) groups excluding carboxylic acids is 1. The number of hydrogen-bond acceptors (Lipinski definition) is 5. The summed E-state index contributed by atoms with van der Waals surface area (Å²) < 4.78 is 17.8. The molecule has 0 aromatic heterocycles. The third-order valence-corrected chi connectivity index (χ3v) is 10.1. The molecule has 3 saturated heterocycles. The number of fused-ring (bicyclic) bond motifs is 4. The van der Waals surface area contributed by atoms with E-state index >= 15 is 0 Å². The highest BCUT2D eigenvalue weighted by Gasteiger charge is 2.75. The van der Waals surface area contributed by atoms with Crippen LogP contribution in [-0.4, -0.2) is 62.4 Å². The Hall–Kier alpha value is -2.05. The molecule has 0 unspecified atom stereocenters. The van der Waals surface area contributed by atoms with E-state index in [-0.39, 0.29) is 23.5 Å². The predicted octanol–water partition coefficient (Wildman–Crippen LogP) is 2.50. The van der Waals surface area contributed by atoms with Crippen molar-refractivity contribution in [1.29, 1.82) is 0 Å². The summed E-state index contributed by atoms with van der Waals surface area (Å²) >= 11 is 0.